The summed E-state index contributed by atoms with van der Waals surface area (Å²) in [6, 6.07) is 18.4. The third-order valence-electron chi connectivity index (χ3n) is 8.06. The molecule has 6 rings (SSSR count). The number of benzene rings is 3. The average Bonchev–Trinajstić information content (AvgIpc) is 3.37. The van der Waals surface area contributed by atoms with Gasteiger partial charge in [0.2, 0.25) is 0 Å². The summed E-state index contributed by atoms with van der Waals surface area (Å²) in [4.78, 5) is 85.8. The van der Waals surface area contributed by atoms with Crippen molar-refractivity contribution in [2.45, 2.75) is 17.1 Å². The topological polar surface area (TPSA) is 102 Å². The van der Waals surface area contributed by atoms with Crippen LogP contribution >= 0.6 is 0 Å². The molecule has 0 N–H and O–H groups in total. The van der Waals surface area contributed by atoms with Crippen molar-refractivity contribution in [1.82, 2.24) is 0 Å². The molecule has 176 valence electrons. The number of carbonyl (C=O) groups excluding carboxylic acids is 6. The first-order valence-corrected chi connectivity index (χ1v) is 13.9. The Balaban J connectivity index is 1.77. The van der Waals surface area contributed by atoms with Gasteiger partial charge in [0.1, 0.15) is 0 Å². The van der Waals surface area contributed by atoms with Gasteiger partial charge in [0.25, 0.3) is 0 Å². The van der Waals surface area contributed by atoms with Crippen molar-refractivity contribution in [3.63, 3.8) is 0 Å². The molecule has 3 aliphatic rings. The Bertz CT molecular complexity index is 1510. The second-order valence-electron chi connectivity index (χ2n) is 9.37. The minimum atomic E-state index is -2.54. The number of hydrogen-bond donors (Lipinski definition) is 0. The first kappa shape index (κ1) is 22.7. The normalized spacial score (nSPS) is 20.5. The van der Waals surface area contributed by atoms with Gasteiger partial charge in [0.05, 0.1) is 0 Å². The summed E-state index contributed by atoms with van der Waals surface area (Å²) in [6.45, 7) is 1.27. The van der Waals surface area contributed by atoms with E-state index in [4.69, 9.17) is 0 Å². The van der Waals surface area contributed by atoms with Crippen LogP contribution in [0.4, 0.5) is 0 Å². The van der Waals surface area contributed by atoms with E-state index < -0.39 is 64.8 Å². The second kappa shape index (κ2) is 7.12. The Hall–Kier alpha value is -3.80. The van der Waals surface area contributed by atoms with Crippen molar-refractivity contribution in [2.24, 2.45) is 10.8 Å². The molecule has 0 aromatic heterocycles. The molecule has 6 nitrogen and oxygen atoms in total. The third kappa shape index (κ3) is 2.12. The Morgan fingerprint density at radius 3 is 1.06 bits per heavy atom. The fourth-order valence-electron chi connectivity index (χ4n) is 6.41. The SMILES string of the molecule is C[Se]C1(C2(C3(C)C(=O)c4ccccc4C3=O)C(=O)c3ccccc3C2=O)C(=O)c2ccccc2C1=O. The molecule has 3 aromatic carbocycles. The molecule has 3 aromatic rings. The van der Waals surface area contributed by atoms with Gasteiger partial charge in [0.15, 0.2) is 0 Å². The van der Waals surface area contributed by atoms with Gasteiger partial charge in [-0.1, -0.05) is 0 Å². The third-order valence-corrected chi connectivity index (χ3v) is 10.8. The van der Waals surface area contributed by atoms with Crippen LogP contribution in [0.1, 0.15) is 69.1 Å². The number of rotatable bonds is 3. The maximum absolute atomic E-state index is 14.5. The van der Waals surface area contributed by atoms with Crippen LogP contribution in [-0.2, 0) is 0 Å². The van der Waals surface area contributed by atoms with E-state index in [0.29, 0.717) is 0 Å². The Morgan fingerprint density at radius 2 is 0.750 bits per heavy atom. The quantitative estimate of drug-likeness (QED) is 0.365. The molecule has 0 atom stereocenters. The van der Waals surface area contributed by atoms with Crippen LogP contribution in [-0.4, -0.2) is 49.7 Å². The molecule has 0 heterocycles. The van der Waals surface area contributed by atoms with Crippen LogP contribution in [0.3, 0.4) is 0 Å². The van der Waals surface area contributed by atoms with Gasteiger partial charge in [-0.3, -0.25) is 0 Å². The van der Waals surface area contributed by atoms with E-state index in [1.165, 1.54) is 43.3 Å². The van der Waals surface area contributed by atoms with Crippen LogP contribution in [0, 0.1) is 10.8 Å². The Morgan fingerprint density at radius 1 is 0.472 bits per heavy atom. The molecule has 0 spiro atoms. The number of fused-ring (bicyclic) bond motifs is 3. The molecular weight excluding hydrogens is 523 g/mol. The van der Waals surface area contributed by atoms with Gasteiger partial charge in [-0.2, -0.15) is 0 Å². The van der Waals surface area contributed by atoms with Crippen molar-refractivity contribution in [2.75, 3.05) is 0 Å². The standard InChI is InChI=1S/C29H18O6Se/c1-27(21(30)15-9-3-4-10-16(15)22(27)31)28(23(32)17-11-5-6-12-18(17)24(28)33)29(36-2)25(34)19-13-7-8-14-20(19)26(29)35/h3-14H,1-2H3. The summed E-state index contributed by atoms with van der Waals surface area (Å²) in [6.07, 6.45) is 0. The van der Waals surface area contributed by atoms with Crippen LogP contribution in [0.2, 0.25) is 10.1 Å². The van der Waals surface area contributed by atoms with E-state index in [2.05, 4.69) is 0 Å². The van der Waals surface area contributed by atoms with Gasteiger partial charge < -0.3 is 0 Å². The van der Waals surface area contributed by atoms with E-state index in [9.17, 15) is 28.8 Å². The van der Waals surface area contributed by atoms with E-state index in [1.807, 2.05) is 0 Å². The molecule has 0 saturated heterocycles. The molecule has 7 heteroatoms. The van der Waals surface area contributed by atoms with Gasteiger partial charge in [0, 0.05) is 0 Å². The maximum atomic E-state index is 14.5. The molecule has 0 unspecified atom stereocenters. The summed E-state index contributed by atoms with van der Waals surface area (Å²) in [5.41, 5.74) is -4.44. The Labute approximate surface area is 212 Å². The molecule has 3 aliphatic carbocycles. The van der Waals surface area contributed by atoms with E-state index in [1.54, 1.807) is 42.2 Å². The van der Waals surface area contributed by atoms with Gasteiger partial charge in [-0.25, -0.2) is 0 Å². The zero-order chi connectivity index (χ0) is 25.6. The minimum absolute atomic E-state index is 0.0143. The van der Waals surface area contributed by atoms with E-state index in [0.717, 1.165) is 0 Å². The second-order valence-corrected chi connectivity index (χ2v) is 11.5. The van der Waals surface area contributed by atoms with Crippen molar-refractivity contribution in [3.8, 4) is 0 Å². The van der Waals surface area contributed by atoms with Gasteiger partial charge >= 0.3 is 212 Å². The molecular formula is C29H18O6Se. The molecule has 0 fully saturated rings. The van der Waals surface area contributed by atoms with Crippen LogP contribution in [0.15, 0.2) is 72.8 Å². The monoisotopic (exact) mass is 542 g/mol. The predicted octanol–water partition coefficient (Wildman–Crippen LogP) is 4.13. The van der Waals surface area contributed by atoms with Gasteiger partial charge in [-0.05, 0) is 0 Å². The zero-order valence-electron chi connectivity index (χ0n) is 19.3. The van der Waals surface area contributed by atoms with Crippen LogP contribution < -0.4 is 0 Å². The van der Waals surface area contributed by atoms with Crippen molar-refractivity contribution < 1.29 is 28.8 Å². The summed E-state index contributed by atoms with van der Waals surface area (Å²) < 4.78 is -2.20. The molecule has 0 amide bonds. The molecule has 0 radical (unpaired) electrons. The fraction of sp³-hybridized carbons (Fsp3) is 0.172. The summed E-state index contributed by atoms with van der Waals surface area (Å²) in [5.74, 6) is -2.84. The first-order chi connectivity index (χ1) is 17.2. The van der Waals surface area contributed by atoms with Crippen LogP contribution in [0.5, 0.6) is 0 Å². The number of hydrogen-bond acceptors (Lipinski definition) is 6. The van der Waals surface area contributed by atoms with E-state index in [-0.39, 0.29) is 33.4 Å². The summed E-state index contributed by atoms with van der Waals surface area (Å²) in [5, 5.41) is 0. The van der Waals surface area contributed by atoms with Crippen molar-refractivity contribution >= 4 is 49.7 Å². The molecule has 0 saturated carbocycles. The Kier molecular flexibility index (Phi) is 4.48. The fourth-order valence-corrected chi connectivity index (χ4v) is 9.11. The summed E-state index contributed by atoms with van der Waals surface area (Å²) >= 11 is -0.980. The first-order valence-electron chi connectivity index (χ1n) is 11.3. The van der Waals surface area contributed by atoms with Gasteiger partial charge in [-0.15, -0.1) is 0 Å². The number of carbonyl (C=O) groups is 6. The van der Waals surface area contributed by atoms with Crippen molar-refractivity contribution in [3.05, 3.63) is 106 Å². The van der Waals surface area contributed by atoms with E-state index >= 15 is 0 Å². The zero-order valence-corrected chi connectivity index (χ0v) is 21.0. The molecule has 0 bridgehead atoms. The summed E-state index contributed by atoms with van der Waals surface area (Å²) in [7, 11) is 0. The molecule has 0 aliphatic heterocycles. The average molecular weight is 541 g/mol. The number of ketones is 6. The van der Waals surface area contributed by atoms with Crippen LogP contribution in [0.25, 0.3) is 0 Å². The van der Waals surface area contributed by atoms with Crippen molar-refractivity contribution in [1.29, 1.82) is 0 Å². The predicted molar refractivity (Wildman–Crippen MR) is 130 cm³/mol. The molecule has 36 heavy (non-hydrogen) atoms. The number of Topliss-reactive ketones (excluding diaryl/α,β-unsaturated/α-hetero) is 6.